The molecule has 0 aliphatic heterocycles. The largest absolute Gasteiger partial charge is 0.530 e. The lowest BCUT2D eigenvalue weighted by atomic mass is 10.0. The maximum atomic E-state index is 10.4. The summed E-state index contributed by atoms with van der Waals surface area (Å²) in [6, 6.07) is 28.5. The molecule has 0 aromatic heterocycles. The molecule has 0 spiro atoms. The number of isocyanates is 2. The van der Waals surface area contributed by atoms with Crippen LogP contribution in [-0.4, -0.2) is 24.3 Å². The summed E-state index contributed by atoms with van der Waals surface area (Å²) in [6.07, 6.45) is 4.36. The fraction of sp³-hybridized carbons (Fsp3) is 0.0588. The molecule has 0 aliphatic rings. The number of amides is 2. The van der Waals surface area contributed by atoms with Crippen molar-refractivity contribution in [1.82, 2.24) is 0 Å². The van der Waals surface area contributed by atoms with Gasteiger partial charge in [0, 0.05) is 11.4 Å². The highest BCUT2D eigenvalue weighted by Crippen LogP contribution is 2.18. The molecule has 228 valence electrons. The van der Waals surface area contributed by atoms with E-state index in [4.69, 9.17) is 0 Å². The van der Waals surface area contributed by atoms with Gasteiger partial charge in [0.05, 0.1) is 23.9 Å². The van der Waals surface area contributed by atoms with Gasteiger partial charge in [0.25, 0.3) is 0 Å². The first-order chi connectivity index (χ1) is 21.8. The molecule has 0 unspecified atom stereocenters. The van der Waals surface area contributed by atoms with Gasteiger partial charge in [-0.1, -0.05) is 61.7 Å². The zero-order valence-corrected chi connectivity index (χ0v) is 24.0. The molecule has 11 nitrogen and oxygen atoms in total. The molecule has 0 saturated heterocycles. The highest BCUT2D eigenvalue weighted by Gasteiger charge is 2.00. The maximum absolute atomic E-state index is 10.4. The van der Waals surface area contributed by atoms with Crippen molar-refractivity contribution in [1.29, 1.82) is 0 Å². The van der Waals surface area contributed by atoms with Gasteiger partial charge in [-0.25, -0.2) is 9.59 Å². The van der Waals surface area contributed by atoms with Crippen LogP contribution in [0.4, 0.5) is 32.3 Å². The van der Waals surface area contributed by atoms with Crippen LogP contribution in [-0.2, 0) is 27.2 Å². The third-order valence-corrected chi connectivity index (χ3v) is 5.63. The summed E-state index contributed by atoms with van der Waals surface area (Å²) in [4.78, 5) is 48.0. The van der Waals surface area contributed by atoms with Crippen LogP contribution in [0.5, 0.6) is 0 Å². The van der Waals surface area contributed by atoms with Gasteiger partial charge in [-0.05, 0) is 83.6 Å². The van der Waals surface area contributed by atoms with Crippen LogP contribution in [0.1, 0.15) is 22.3 Å². The molecule has 2 N–H and O–H groups in total. The Balaban J connectivity index is 0.000000273. The van der Waals surface area contributed by atoms with Crippen LogP contribution in [0.15, 0.2) is 133 Å². The van der Waals surface area contributed by atoms with E-state index in [0.717, 1.165) is 22.3 Å². The Kier molecular flexibility index (Phi) is 15.1. The summed E-state index contributed by atoms with van der Waals surface area (Å²) >= 11 is 0. The minimum atomic E-state index is -1.33. The van der Waals surface area contributed by atoms with E-state index in [0.29, 0.717) is 35.6 Å². The Morgan fingerprint density at radius 2 is 0.889 bits per heavy atom. The average Bonchev–Trinajstić information content (AvgIpc) is 3.02. The van der Waals surface area contributed by atoms with Crippen LogP contribution in [0.3, 0.4) is 0 Å². The average molecular weight is 605 g/mol. The lowest BCUT2D eigenvalue weighted by Crippen LogP contribution is -2.28. The quantitative estimate of drug-likeness (QED) is 0.141. The van der Waals surface area contributed by atoms with Crippen molar-refractivity contribution in [3.63, 3.8) is 0 Å². The molecule has 2 amide bonds. The fourth-order valence-corrected chi connectivity index (χ4v) is 3.67. The molecule has 0 atom stereocenters. The monoisotopic (exact) mass is 604 g/mol. The smallest absolute Gasteiger partial charge is 0.240 e. The summed E-state index contributed by atoms with van der Waals surface area (Å²) < 4.78 is 4.36. The topological polar surface area (TPSA) is 172 Å². The Bertz CT molecular complexity index is 1510. The van der Waals surface area contributed by atoms with Crippen molar-refractivity contribution in [3.8, 4) is 0 Å². The van der Waals surface area contributed by atoms with E-state index < -0.39 is 12.2 Å². The second-order valence-corrected chi connectivity index (χ2v) is 8.78. The molecular formula is C34H28N4O7-2. The van der Waals surface area contributed by atoms with E-state index in [9.17, 15) is 29.4 Å². The number of nitrogens with zero attached hydrogens (tertiary/aromatic N) is 2. The molecule has 4 rings (SSSR count). The van der Waals surface area contributed by atoms with Gasteiger partial charge in [0.1, 0.15) is 12.2 Å². The molecule has 0 aliphatic carbocycles. The zero-order valence-electron chi connectivity index (χ0n) is 24.0. The molecule has 0 heterocycles. The second kappa shape index (κ2) is 19.6. The van der Waals surface area contributed by atoms with Crippen molar-refractivity contribution < 1.29 is 34.1 Å². The SMILES string of the molecule is C=COC=C.O=C=Nc1ccc(Cc2ccc(NC(=O)[O-])cc2)cc1.O=C=Nc1ccc(Cc2ccc(NC(=O)[O-])cc2)cc1. The van der Waals surface area contributed by atoms with E-state index in [1.54, 1.807) is 48.5 Å². The van der Waals surface area contributed by atoms with Crippen LogP contribution in [0.2, 0.25) is 0 Å². The Hall–Kier alpha value is -6.54. The highest BCUT2D eigenvalue weighted by molar-refractivity contribution is 5.81. The Labute approximate surface area is 259 Å². The van der Waals surface area contributed by atoms with E-state index in [2.05, 4.69) is 38.5 Å². The van der Waals surface area contributed by atoms with Crippen LogP contribution >= 0.6 is 0 Å². The van der Waals surface area contributed by atoms with Crippen molar-refractivity contribution in [2.24, 2.45) is 9.98 Å². The Morgan fingerprint density at radius 1 is 0.600 bits per heavy atom. The van der Waals surface area contributed by atoms with Gasteiger partial charge in [0.2, 0.25) is 12.2 Å². The summed E-state index contributed by atoms with van der Waals surface area (Å²) in [6.45, 7) is 6.51. The molecule has 0 radical (unpaired) electrons. The normalized spacial score (nSPS) is 9.16. The standard InChI is InChI=1S/2C15H12N2O3.C4H6O/c2*18-10-16-13-5-1-11(2-6-13)9-12-3-7-14(8-4-12)17-15(19)20;1-3-5-4-2/h2*1-8,17H,9H2,(H,19,20);3-4H,1-2H2/p-2. The van der Waals surface area contributed by atoms with Crippen molar-refractivity contribution in [3.05, 3.63) is 145 Å². The number of nitrogens with one attached hydrogen (secondary N) is 2. The molecule has 0 bridgehead atoms. The first kappa shape index (κ1) is 34.7. The minimum absolute atomic E-state index is 0.476. The summed E-state index contributed by atoms with van der Waals surface area (Å²) in [5.41, 5.74) is 6.30. The summed E-state index contributed by atoms with van der Waals surface area (Å²) in [5, 5.41) is 25.1. The van der Waals surface area contributed by atoms with Gasteiger partial charge in [-0.2, -0.15) is 9.98 Å². The highest BCUT2D eigenvalue weighted by atomic mass is 16.5. The lowest BCUT2D eigenvalue weighted by Gasteiger charge is -2.07. The van der Waals surface area contributed by atoms with Crippen molar-refractivity contribution in [2.45, 2.75) is 12.8 Å². The van der Waals surface area contributed by atoms with Gasteiger partial charge < -0.3 is 35.2 Å². The number of carbonyl (C=O) groups is 2. The fourth-order valence-electron chi connectivity index (χ4n) is 3.67. The maximum Gasteiger partial charge on any atom is 0.240 e. The van der Waals surface area contributed by atoms with Crippen LogP contribution < -0.4 is 20.8 Å². The van der Waals surface area contributed by atoms with Crippen molar-refractivity contribution >= 4 is 47.1 Å². The molecular weight excluding hydrogens is 576 g/mol. The molecule has 0 saturated carbocycles. The number of anilines is 2. The molecule has 4 aromatic carbocycles. The first-order valence-electron chi connectivity index (χ1n) is 13.1. The second-order valence-electron chi connectivity index (χ2n) is 8.78. The van der Waals surface area contributed by atoms with E-state index in [1.807, 2.05) is 48.5 Å². The van der Waals surface area contributed by atoms with E-state index in [1.165, 1.54) is 24.7 Å². The van der Waals surface area contributed by atoms with Crippen LogP contribution in [0, 0.1) is 0 Å². The third-order valence-electron chi connectivity index (χ3n) is 5.63. The summed E-state index contributed by atoms with van der Waals surface area (Å²) in [5.74, 6) is 0. The number of ether oxygens (including phenoxy) is 1. The molecule has 0 fully saturated rings. The van der Waals surface area contributed by atoms with Crippen LogP contribution in [0.25, 0.3) is 0 Å². The first-order valence-corrected chi connectivity index (χ1v) is 13.1. The van der Waals surface area contributed by atoms with Gasteiger partial charge in [-0.3, -0.25) is 0 Å². The van der Waals surface area contributed by atoms with E-state index >= 15 is 0 Å². The Morgan fingerprint density at radius 3 is 1.11 bits per heavy atom. The number of carboxylic acid groups (broad SMARTS) is 2. The third kappa shape index (κ3) is 14.3. The summed E-state index contributed by atoms with van der Waals surface area (Å²) in [7, 11) is 0. The van der Waals surface area contributed by atoms with Gasteiger partial charge in [0.15, 0.2) is 0 Å². The number of carbonyl (C=O) groups excluding carboxylic acids is 4. The van der Waals surface area contributed by atoms with Crippen molar-refractivity contribution in [2.75, 3.05) is 10.6 Å². The molecule has 4 aromatic rings. The minimum Gasteiger partial charge on any atom is -0.530 e. The number of hydrogen-bond acceptors (Lipinski definition) is 9. The van der Waals surface area contributed by atoms with E-state index in [-0.39, 0.29) is 0 Å². The zero-order chi connectivity index (χ0) is 32.9. The van der Waals surface area contributed by atoms with Gasteiger partial charge >= 0.3 is 0 Å². The number of rotatable bonds is 10. The number of benzene rings is 4. The molecule has 11 heteroatoms. The predicted octanol–water partition coefficient (Wildman–Crippen LogP) is 5.29. The number of aliphatic imine (C=N–C) groups is 2. The predicted molar refractivity (Wildman–Crippen MR) is 166 cm³/mol. The van der Waals surface area contributed by atoms with Gasteiger partial charge in [-0.15, -0.1) is 0 Å². The lowest BCUT2D eigenvalue weighted by molar-refractivity contribution is -0.243. The number of hydrogen-bond donors (Lipinski definition) is 2. The molecule has 45 heavy (non-hydrogen) atoms.